The fourth-order valence-electron chi connectivity index (χ4n) is 3.75. The molecule has 2 heterocycles. The molecule has 0 aliphatic carbocycles. The third kappa shape index (κ3) is 3.17. The molecule has 0 saturated carbocycles. The average Bonchev–Trinajstić information content (AvgIpc) is 2.97. The zero-order valence-corrected chi connectivity index (χ0v) is 14.9. The lowest BCUT2D eigenvalue weighted by Gasteiger charge is -2.32. The number of hydrogen-bond acceptors (Lipinski definition) is 3. The summed E-state index contributed by atoms with van der Waals surface area (Å²) >= 11 is 0. The number of fused-ring (bicyclic) bond motifs is 1. The van der Waals surface area contributed by atoms with Crippen LogP contribution in [0.15, 0.2) is 57.7 Å². The van der Waals surface area contributed by atoms with Gasteiger partial charge >= 0.3 is 5.76 Å². The minimum atomic E-state index is -0.306. The molecule has 0 unspecified atom stereocenters. The number of aromatic nitrogens is 1. The molecule has 0 atom stereocenters. The van der Waals surface area contributed by atoms with Gasteiger partial charge in [-0.2, -0.15) is 0 Å². The largest absolute Gasteiger partial charge is 0.420 e. The lowest BCUT2D eigenvalue weighted by Crippen LogP contribution is -2.41. The van der Waals surface area contributed by atoms with Gasteiger partial charge in [-0.05, 0) is 43.0 Å². The number of hydrogen-bond donors (Lipinski definition) is 0. The molecule has 26 heavy (non-hydrogen) atoms. The molecule has 1 aromatic heterocycles. The standard InChI is InChI=1S/C21H22N2O3/c1-15-7-8-18-19(13-15)26-21(25)23(18)17-9-11-22(12-10-17)20(24)14-16-5-3-2-4-6-16/h2-8,13,17H,9-12,14H2,1H3. The normalized spacial score (nSPS) is 15.5. The molecule has 0 radical (unpaired) electrons. The predicted molar refractivity (Wildman–Crippen MR) is 100 cm³/mol. The van der Waals surface area contributed by atoms with Crippen molar-refractivity contribution in [3.8, 4) is 0 Å². The van der Waals surface area contributed by atoms with Crippen LogP contribution in [0.5, 0.6) is 0 Å². The Morgan fingerprint density at radius 3 is 2.58 bits per heavy atom. The third-order valence-corrected chi connectivity index (χ3v) is 5.15. The van der Waals surface area contributed by atoms with E-state index < -0.39 is 0 Å². The quantitative estimate of drug-likeness (QED) is 0.728. The molecule has 4 rings (SSSR count). The van der Waals surface area contributed by atoms with Gasteiger partial charge in [0.15, 0.2) is 5.58 Å². The highest BCUT2D eigenvalue weighted by molar-refractivity contribution is 5.79. The van der Waals surface area contributed by atoms with E-state index in [0.29, 0.717) is 25.1 Å². The SMILES string of the molecule is Cc1ccc2c(c1)oc(=O)n2C1CCN(C(=O)Cc2ccccc2)CC1. The second-order valence-corrected chi connectivity index (χ2v) is 6.98. The molecule has 1 aliphatic heterocycles. The third-order valence-electron chi connectivity index (χ3n) is 5.15. The number of benzene rings is 2. The van der Waals surface area contributed by atoms with E-state index in [1.54, 1.807) is 4.57 Å². The van der Waals surface area contributed by atoms with E-state index in [4.69, 9.17) is 4.42 Å². The van der Waals surface area contributed by atoms with Crippen molar-refractivity contribution in [2.45, 2.75) is 32.2 Å². The Kier molecular flexibility index (Phi) is 4.37. The van der Waals surface area contributed by atoms with Crippen LogP contribution >= 0.6 is 0 Å². The van der Waals surface area contributed by atoms with Crippen LogP contribution < -0.4 is 5.76 Å². The Bertz CT molecular complexity index is 979. The summed E-state index contributed by atoms with van der Waals surface area (Å²) in [6.45, 7) is 3.32. The van der Waals surface area contributed by atoms with Crippen LogP contribution in [0.2, 0.25) is 0 Å². The number of oxazole rings is 1. The molecule has 1 amide bonds. The number of aryl methyl sites for hydroxylation is 1. The van der Waals surface area contributed by atoms with Crippen LogP contribution in [0.25, 0.3) is 11.1 Å². The summed E-state index contributed by atoms with van der Waals surface area (Å²) in [5.74, 6) is -0.158. The number of carbonyl (C=O) groups is 1. The van der Waals surface area contributed by atoms with Crippen LogP contribution in [0.1, 0.15) is 30.0 Å². The highest BCUT2D eigenvalue weighted by atomic mass is 16.4. The van der Waals surface area contributed by atoms with Crippen LogP contribution in [0.4, 0.5) is 0 Å². The average molecular weight is 350 g/mol. The van der Waals surface area contributed by atoms with E-state index in [0.717, 1.165) is 29.5 Å². The minimum absolute atomic E-state index is 0.0761. The topological polar surface area (TPSA) is 55.5 Å². The smallest absolute Gasteiger partial charge is 0.408 e. The number of piperidine rings is 1. The first-order chi connectivity index (χ1) is 12.6. The van der Waals surface area contributed by atoms with Gasteiger partial charge in [0.05, 0.1) is 11.9 Å². The highest BCUT2D eigenvalue weighted by Crippen LogP contribution is 2.26. The van der Waals surface area contributed by atoms with Crippen molar-refractivity contribution in [1.82, 2.24) is 9.47 Å². The van der Waals surface area contributed by atoms with Gasteiger partial charge in [-0.15, -0.1) is 0 Å². The predicted octanol–water partition coefficient (Wildman–Crippen LogP) is 3.31. The van der Waals surface area contributed by atoms with Gasteiger partial charge in [0.1, 0.15) is 0 Å². The fraction of sp³-hybridized carbons (Fsp3) is 0.333. The number of amides is 1. The molecular weight excluding hydrogens is 328 g/mol. The van der Waals surface area contributed by atoms with E-state index in [1.807, 2.05) is 60.4 Å². The molecule has 5 heteroatoms. The molecular formula is C21H22N2O3. The Balaban J connectivity index is 1.46. The van der Waals surface area contributed by atoms with Gasteiger partial charge in [-0.3, -0.25) is 9.36 Å². The Morgan fingerprint density at radius 2 is 1.85 bits per heavy atom. The lowest BCUT2D eigenvalue weighted by atomic mass is 10.0. The van der Waals surface area contributed by atoms with E-state index in [1.165, 1.54) is 0 Å². The second-order valence-electron chi connectivity index (χ2n) is 6.98. The first-order valence-electron chi connectivity index (χ1n) is 9.05. The summed E-state index contributed by atoms with van der Waals surface area (Å²) in [5, 5.41) is 0. The first-order valence-corrected chi connectivity index (χ1v) is 9.05. The van der Waals surface area contributed by atoms with Crippen molar-refractivity contribution in [1.29, 1.82) is 0 Å². The highest BCUT2D eigenvalue weighted by Gasteiger charge is 2.26. The van der Waals surface area contributed by atoms with Gasteiger partial charge < -0.3 is 9.32 Å². The summed E-state index contributed by atoms with van der Waals surface area (Å²) < 4.78 is 7.17. The number of likely N-dealkylation sites (tertiary alicyclic amines) is 1. The maximum absolute atomic E-state index is 12.5. The van der Waals surface area contributed by atoms with E-state index in [-0.39, 0.29) is 17.7 Å². The van der Waals surface area contributed by atoms with Crippen LogP contribution in [-0.2, 0) is 11.2 Å². The zero-order chi connectivity index (χ0) is 18.1. The van der Waals surface area contributed by atoms with Gasteiger partial charge in [-0.1, -0.05) is 36.4 Å². The summed E-state index contributed by atoms with van der Waals surface area (Å²) in [4.78, 5) is 26.7. The van der Waals surface area contributed by atoms with Crippen molar-refractivity contribution in [2.75, 3.05) is 13.1 Å². The van der Waals surface area contributed by atoms with E-state index in [9.17, 15) is 9.59 Å². The van der Waals surface area contributed by atoms with Crippen molar-refractivity contribution in [3.63, 3.8) is 0 Å². The van der Waals surface area contributed by atoms with Gasteiger partial charge in [-0.25, -0.2) is 4.79 Å². The Labute approximate surface area is 151 Å². The second kappa shape index (κ2) is 6.83. The number of rotatable bonds is 3. The van der Waals surface area contributed by atoms with Gasteiger partial charge in [0, 0.05) is 19.1 Å². The number of nitrogens with zero attached hydrogens (tertiary/aromatic N) is 2. The van der Waals surface area contributed by atoms with Crippen molar-refractivity contribution in [2.24, 2.45) is 0 Å². The Hall–Kier alpha value is -2.82. The maximum Gasteiger partial charge on any atom is 0.420 e. The molecule has 1 saturated heterocycles. The summed E-state index contributed by atoms with van der Waals surface area (Å²) in [6, 6.07) is 15.7. The fourth-order valence-corrected chi connectivity index (χ4v) is 3.75. The van der Waals surface area contributed by atoms with Crippen LogP contribution in [-0.4, -0.2) is 28.5 Å². The summed E-state index contributed by atoms with van der Waals surface area (Å²) in [6.07, 6.45) is 1.96. The van der Waals surface area contributed by atoms with E-state index in [2.05, 4.69) is 0 Å². The molecule has 1 aliphatic rings. The van der Waals surface area contributed by atoms with Crippen molar-refractivity contribution < 1.29 is 9.21 Å². The molecule has 0 bridgehead atoms. The van der Waals surface area contributed by atoms with E-state index >= 15 is 0 Å². The monoisotopic (exact) mass is 350 g/mol. The first kappa shape index (κ1) is 16.6. The summed E-state index contributed by atoms with van der Waals surface area (Å²) in [5.41, 5.74) is 3.58. The van der Waals surface area contributed by atoms with Crippen molar-refractivity contribution >= 4 is 17.0 Å². The molecule has 0 N–H and O–H groups in total. The van der Waals surface area contributed by atoms with Crippen LogP contribution in [0, 0.1) is 6.92 Å². The molecule has 0 spiro atoms. The summed E-state index contributed by atoms with van der Waals surface area (Å²) in [7, 11) is 0. The molecule has 3 aromatic rings. The number of carbonyl (C=O) groups excluding carboxylic acids is 1. The van der Waals surface area contributed by atoms with Gasteiger partial charge in [0.2, 0.25) is 5.91 Å². The lowest BCUT2D eigenvalue weighted by molar-refractivity contribution is -0.131. The zero-order valence-electron chi connectivity index (χ0n) is 14.9. The molecule has 5 nitrogen and oxygen atoms in total. The van der Waals surface area contributed by atoms with Crippen LogP contribution in [0.3, 0.4) is 0 Å². The Morgan fingerprint density at radius 1 is 1.12 bits per heavy atom. The minimum Gasteiger partial charge on any atom is -0.408 e. The molecule has 1 fully saturated rings. The molecule has 134 valence electrons. The molecule has 2 aromatic carbocycles. The van der Waals surface area contributed by atoms with Crippen molar-refractivity contribution in [3.05, 3.63) is 70.2 Å². The van der Waals surface area contributed by atoms with Gasteiger partial charge in [0.25, 0.3) is 0 Å². The maximum atomic E-state index is 12.5.